The van der Waals surface area contributed by atoms with Crippen molar-refractivity contribution in [3.05, 3.63) is 65.0 Å². The predicted octanol–water partition coefficient (Wildman–Crippen LogP) is 4.60. The average molecular weight is 425 g/mol. The molecule has 0 radical (unpaired) electrons. The standard InChI is InChI=1S/C24H25FN2O2S/c1-16-6-8-17(9-7-16)15-26-21-11-10-19(25)14-20(21)24(23(26)29)27(12-13-30-24)22(28)18-4-2-3-5-18/h6-11,14,18H,2-5,12-13,15H2,1H3/t24-/m0/s1. The number of aryl methyl sites for hydroxylation is 1. The molecular weight excluding hydrogens is 399 g/mol. The number of thioether (sulfide) groups is 1. The smallest absolute Gasteiger partial charge is 0.268 e. The molecule has 4 nitrogen and oxygen atoms in total. The largest absolute Gasteiger partial charge is 0.315 e. The van der Waals surface area contributed by atoms with Crippen molar-refractivity contribution in [1.82, 2.24) is 4.90 Å². The second kappa shape index (κ2) is 7.41. The van der Waals surface area contributed by atoms with Crippen molar-refractivity contribution in [3.8, 4) is 0 Å². The number of nitrogens with zero attached hydrogens (tertiary/aromatic N) is 2. The highest BCUT2D eigenvalue weighted by Crippen LogP contribution is 2.55. The van der Waals surface area contributed by atoms with Crippen LogP contribution in [0.3, 0.4) is 0 Å². The van der Waals surface area contributed by atoms with E-state index in [4.69, 9.17) is 0 Å². The molecule has 2 fully saturated rings. The van der Waals surface area contributed by atoms with E-state index in [-0.39, 0.29) is 23.5 Å². The van der Waals surface area contributed by atoms with Crippen molar-refractivity contribution in [2.24, 2.45) is 5.92 Å². The maximum Gasteiger partial charge on any atom is 0.268 e. The lowest BCUT2D eigenvalue weighted by molar-refractivity contribution is -0.143. The number of rotatable bonds is 3. The lowest BCUT2D eigenvalue weighted by Gasteiger charge is -2.34. The first kappa shape index (κ1) is 19.6. The minimum atomic E-state index is -1.14. The quantitative estimate of drug-likeness (QED) is 0.723. The van der Waals surface area contributed by atoms with E-state index in [0.717, 1.165) is 36.8 Å². The van der Waals surface area contributed by atoms with E-state index >= 15 is 0 Å². The fourth-order valence-corrected chi connectivity index (χ4v) is 6.49. The number of halogens is 1. The molecule has 2 aromatic rings. The van der Waals surface area contributed by atoms with Crippen LogP contribution in [0.2, 0.25) is 0 Å². The summed E-state index contributed by atoms with van der Waals surface area (Å²) >= 11 is 1.47. The fraction of sp³-hybridized carbons (Fsp3) is 0.417. The van der Waals surface area contributed by atoms with Gasteiger partial charge in [-0.25, -0.2) is 4.39 Å². The van der Waals surface area contributed by atoms with Gasteiger partial charge in [0.15, 0.2) is 4.87 Å². The number of benzene rings is 2. The lowest BCUT2D eigenvalue weighted by Crippen LogP contribution is -2.51. The maximum absolute atomic E-state index is 14.3. The Labute approximate surface area is 180 Å². The van der Waals surface area contributed by atoms with Crippen LogP contribution in [0.15, 0.2) is 42.5 Å². The molecule has 2 aliphatic heterocycles. The van der Waals surface area contributed by atoms with Gasteiger partial charge in [-0.1, -0.05) is 42.7 Å². The van der Waals surface area contributed by atoms with Crippen molar-refractivity contribution in [2.75, 3.05) is 17.2 Å². The Kier molecular flexibility index (Phi) is 4.85. The molecule has 2 heterocycles. The maximum atomic E-state index is 14.3. The van der Waals surface area contributed by atoms with Gasteiger partial charge in [-0.15, -0.1) is 11.8 Å². The third kappa shape index (κ3) is 2.96. The highest BCUT2D eigenvalue weighted by atomic mass is 32.2. The first-order valence-corrected chi connectivity index (χ1v) is 11.6. The molecule has 156 valence electrons. The van der Waals surface area contributed by atoms with Gasteiger partial charge in [-0.05, 0) is 43.5 Å². The van der Waals surface area contributed by atoms with E-state index in [9.17, 15) is 14.0 Å². The van der Waals surface area contributed by atoms with Gasteiger partial charge in [0, 0.05) is 23.8 Å². The molecule has 1 saturated carbocycles. The summed E-state index contributed by atoms with van der Waals surface area (Å²) in [6.45, 7) is 2.96. The van der Waals surface area contributed by atoms with Gasteiger partial charge in [0.05, 0.1) is 12.2 Å². The van der Waals surface area contributed by atoms with Crippen LogP contribution in [0.4, 0.5) is 10.1 Å². The lowest BCUT2D eigenvalue weighted by atomic mass is 10.0. The first-order valence-electron chi connectivity index (χ1n) is 10.6. The van der Waals surface area contributed by atoms with E-state index in [0.29, 0.717) is 30.1 Å². The zero-order chi connectivity index (χ0) is 20.9. The third-order valence-corrected chi connectivity index (χ3v) is 8.01. The molecule has 5 rings (SSSR count). The Morgan fingerprint density at radius 2 is 1.90 bits per heavy atom. The zero-order valence-electron chi connectivity index (χ0n) is 17.1. The van der Waals surface area contributed by atoms with Crippen molar-refractivity contribution < 1.29 is 14.0 Å². The summed E-state index contributed by atoms with van der Waals surface area (Å²) in [7, 11) is 0. The Bertz CT molecular complexity index is 1000. The van der Waals surface area contributed by atoms with Crippen LogP contribution in [-0.2, 0) is 21.0 Å². The van der Waals surface area contributed by atoms with Gasteiger partial charge in [-0.2, -0.15) is 0 Å². The Hall–Kier alpha value is -2.34. The van der Waals surface area contributed by atoms with Gasteiger partial charge in [0.2, 0.25) is 5.91 Å². The van der Waals surface area contributed by atoms with E-state index in [1.165, 1.54) is 23.9 Å². The fourth-order valence-electron chi connectivity index (χ4n) is 5.03. The zero-order valence-corrected chi connectivity index (χ0v) is 17.9. The molecule has 0 aromatic heterocycles. The van der Waals surface area contributed by atoms with Crippen LogP contribution in [0, 0.1) is 18.7 Å². The topological polar surface area (TPSA) is 40.6 Å². The normalized spacial score (nSPS) is 23.6. The van der Waals surface area contributed by atoms with E-state index < -0.39 is 4.87 Å². The summed E-state index contributed by atoms with van der Waals surface area (Å²) in [5.41, 5.74) is 3.50. The van der Waals surface area contributed by atoms with Gasteiger partial charge < -0.3 is 9.80 Å². The number of carbonyl (C=O) groups excluding carboxylic acids is 2. The second-order valence-corrected chi connectivity index (χ2v) is 9.79. The number of fused-ring (bicyclic) bond motifs is 2. The van der Waals surface area contributed by atoms with Crippen LogP contribution in [0.1, 0.15) is 42.4 Å². The summed E-state index contributed by atoms with van der Waals surface area (Å²) in [6, 6.07) is 12.6. The van der Waals surface area contributed by atoms with Gasteiger partial charge >= 0.3 is 0 Å². The summed E-state index contributed by atoms with van der Waals surface area (Å²) in [6.07, 6.45) is 3.88. The minimum absolute atomic E-state index is 0.0171. The summed E-state index contributed by atoms with van der Waals surface area (Å²) in [5, 5.41) is 0. The second-order valence-electron chi connectivity index (χ2n) is 8.50. The minimum Gasteiger partial charge on any atom is -0.315 e. The molecule has 0 bridgehead atoms. The number of amides is 2. The summed E-state index contributed by atoms with van der Waals surface area (Å²) in [4.78, 5) is 29.6. The number of anilines is 1. The van der Waals surface area contributed by atoms with Crippen molar-refractivity contribution in [1.29, 1.82) is 0 Å². The van der Waals surface area contributed by atoms with E-state index in [2.05, 4.69) is 0 Å². The van der Waals surface area contributed by atoms with Crippen LogP contribution in [0.25, 0.3) is 0 Å². The third-order valence-electron chi connectivity index (χ3n) is 6.59. The van der Waals surface area contributed by atoms with Gasteiger partial charge in [0.25, 0.3) is 5.91 Å². The monoisotopic (exact) mass is 424 g/mol. The molecule has 3 aliphatic rings. The Balaban J connectivity index is 1.56. The molecule has 0 N–H and O–H groups in total. The van der Waals surface area contributed by atoms with E-state index in [1.54, 1.807) is 15.9 Å². The first-order chi connectivity index (χ1) is 14.5. The van der Waals surface area contributed by atoms with Crippen molar-refractivity contribution >= 4 is 29.3 Å². The molecule has 1 atom stereocenters. The molecule has 2 aromatic carbocycles. The molecular formula is C24H25FN2O2S. The number of hydrogen-bond donors (Lipinski definition) is 0. The van der Waals surface area contributed by atoms with E-state index in [1.807, 2.05) is 31.2 Å². The molecule has 6 heteroatoms. The predicted molar refractivity (Wildman–Crippen MR) is 117 cm³/mol. The Morgan fingerprint density at radius 1 is 1.17 bits per heavy atom. The van der Waals surface area contributed by atoms with Crippen LogP contribution >= 0.6 is 11.8 Å². The Morgan fingerprint density at radius 3 is 2.63 bits per heavy atom. The molecule has 0 unspecified atom stereocenters. The molecule has 1 aliphatic carbocycles. The highest BCUT2D eigenvalue weighted by molar-refractivity contribution is 8.01. The molecule has 1 spiro atoms. The molecule has 2 amide bonds. The summed E-state index contributed by atoms with van der Waals surface area (Å²) in [5.74, 6) is 0.213. The average Bonchev–Trinajstić information content (AvgIpc) is 3.47. The number of carbonyl (C=O) groups is 2. The van der Waals surface area contributed by atoms with Gasteiger partial charge in [0.1, 0.15) is 5.82 Å². The van der Waals surface area contributed by atoms with Crippen LogP contribution < -0.4 is 4.90 Å². The van der Waals surface area contributed by atoms with Crippen LogP contribution in [-0.4, -0.2) is 29.0 Å². The summed E-state index contributed by atoms with van der Waals surface area (Å²) < 4.78 is 14.3. The highest BCUT2D eigenvalue weighted by Gasteiger charge is 2.60. The van der Waals surface area contributed by atoms with Crippen molar-refractivity contribution in [3.63, 3.8) is 0 Å². The molecule has 30 heavy (non-hydrogen) atoms. The number of hydrogen-bond acceptors (Lipinski definition) is 3. The molecule has 1 saturated heterocycles. The van der Waals surface area contributed by atoms with Crippen molar-refractivity contribution in [2.45, 2.75) is 44.0 Å². The van der Waals surface area contributed by atoms with Crippen LogP contribution in [0.5, 0.6) is 0 Å². The van der Waals surface area contributed by atoms with Gasteiger partial charge in [-0.3, -0.25) is 9.59 Å². The SMILES string of the molecule is Cc1ccc(CN2C(=O)[C@@]3(SCCN3C(=O)C3CCCC3)c3cc(F)ccc32)cc1.